The molecule has 0 aliphatic carbocycles. The van der Waals surface area contributed by atoms with Crippen molar-refractivity contribution in [3.63, 3.8) is 0 Å². The van der Waals surface area contributed by atoms with Gasteiger partial charge in [0.1, 0.15) is 0 Å². The quantitative estimate of drug-likeness (QED) is 0.394. The van der Waals surface area contributed by atoms with Gasteiger partial charge in [0.2, 0.25) is 0 Å². The third-order valence-corrected chi connectivity index (χ3v) is 5.92. The number of pyridine rings is 1. The number of amides is 2. The molecule has 8 nitrogen and oxygen atoms in total. The highest BCUT2D eigenvalue weighted by Gasteiger charge is 2.18. The van der Waals surface area contributed by atoms with Gasteiger partial charge < -0.3 is 19.9 Å². The fraction of sp³-hybridized carbons (Fsp3) is 0.250. The highest BCUT2D eigenvalue weighted by Crippen LogP contribution is 2.26. The summed E-state index contributed by atoms with van der Waals surface area (Å²) in [7, 11) is 1.63. The first-order valence-corrected chi connectivity index (χ1v) is 11.5. The monoisotopic (exact) mass is 463 g/mol. The van der Waals surface area contributed by atoms with Crippen LogP contribution in [0.3, 0.4) is 0 Å². The molecule has 3 heterocycles. The predicted molar refractivity (Wildman–Crippen MR) is 129 cm³/mol. The summed E-state index contributed by atoms with van der Waals surface area (Å²) >= 11 is 1.63. The van der Waals surface area contributed by atoms with Gasteiger partial charge >= 0.3 is 0 Å². The van der Waals surface area contributed by atoms with E-state index in [9.17, 15) is 9.59 Å². The SMILES string of the molecule is COCCn1cnc2cc(C(=O)N[C@H](C)Cc3ccsc3)cc(NC(=O)c3cccnc3)c21. The van der Waals surface area contributed by atoms with Crippen LogP contribution in [0.25, 0.3) is 11.0 Å². The van der Waals surface area contributed by atoms with Crippen molar-refractivity contribution < 1.29 is 14.3 Å². The van der Waals surface area contributed by atoms with Gasteiger partial charge in [0, 0.05) is 37.7 Å². The average molecular weight is 464 g/mol. The molecule has 0 saturated heterocycles. The first-order valence-electron chi connectivity index (χ1n) is 10.6. The van der Waals surface area contributed by atoms with Gasteiger partial charge in [0.15, 0.2) is 0 Å². The number of anilines is 1. The van der Waals surface area contributed by atoms with Gasteiger partial charge in [-0.15, -0.1) is 0 Å². The Labute approximate surface area is 195 Å². The van der Waals surface area contributed by atoms with E-state index in [4.69, 9.17) is 4.74 Å². The van der Waals surface area contributed by atoms with Crippen molar-refractivity contribution in [2.45, 2.75) is 25.9 Å². The number of imidazole rings is 1. The van der Waals surface area contributed by atoms with E-state index in [-0.39, 0.29) is 17.9 Å². The summed E-state index contributed by atoms with van der Waals surface area (Å²) in [5.74, 6) is -0.532. The molecule has 0 saturated carbocycles. The molecule has 4 aromatic rings. The molecule has 0 spiro atoms. The molecule has 2 N–H and O–H groups in total. The first-order chi connectivity index (χ1) is 16.0. The fourth-order valence-electron chi connectivity index (χ4n) is 3.61. The van der Waals surface area contributed by atoms with Gasteiger partial charge in [-0.05, 0) is 60.0 Å². The lowest BCUT2D eigenvalue weighted by molar-refractivity contribution is 0.0939. The Kier molecular flexibility index (Phi) is 7.11. The van der Waals surface area contributed by atoms with Gasteiger partial charge in [-0.1, -0.05) is 0 Å². The molecule has 33 heavy (non-hydrogen) atoms. The number of carbonyl (C=O) groups is 2. The predicted octanol–water partition coefficient (Wildman–Crippen LogP) is 3.75. The molecule has 3 aromatic heterocycles. The van der Waals surface area contributed by atoms with Crippen LogP contribution in [0.1, 0.15) is 33.2 Å². The summed E-state index contributed by atoms with van der Waals surface area (Å²) in [6.45, 7) is 3.02. The maximum absolute atomic E-state index is 13.0. The summed E-state index contributed by atoms with van der Waals surface area (Å²) < 4.78 is 7.10. The second-order valence-corrected chi connectivity index (χ2v) is 8.51. The molecular weight excluding hydrogens is 438 g/mol. The van der Waals surface area contributed by atoms with E-state index in [1.165, 1.54) is 11.8 Å². The number of hydrogen-bond donors (Lipinski definition) is 2. The van der Waals surface area contributed by atoms with Crippen LogP contribution in [-0.2, 0) is 17.7 Å². The molecule has 4 rings (SSSR count). The maximum Gasteiger partial charge on any atom is 0.257 e. The van der Waals surface area contributed by atoms with E-state index in [1.54, 1.807) is 55.2 Å². The van der Waals surface area contributed by atoms with Gasteiger partial charge in [0.25, 0.3) is 11.8 Å². The number of nitrogens with one attached hydrogen (secondary N) is 2. The second kappa shape index (κ2) is 10.4. The molecule has 0 bridgehead atoms. The van der Waals surface area contributed by atoms with Crippen LogP contribution >= 0.6 is 11.3 Å². The molecule has 9 heteroatoms. The molecule has 0 unspecified atom stereocenters. The van der Waals surface area contributed by atoms with Crippen LogP contribution < -0.4 is 10.6 Å². The van der Waals surface area contributed by atoms with Gasteiger partial charge in [-0.25, -0.2) is 4.98 Å². The lowest BCUT2D eigenvalue weighted by Crippen LogP contribution is -2.34. The van der Waals surface area contributed by atoms with Crippen molar-refractivity contribution in [1.82, 2.24) is 19.9 Å². The van der Waals surface area contributed by atoms with Crippen LogP contribution in [0.15, 0.2) is 59.8 Å². The highest BCUT2D eigenvalue weighted by atomic mass is 32.1. The Morgan fingerprint density at radius 3 is 2.82 bits per heavy atom. The number of aromatic nitrogens is 3. The molecule has 0 aliphatic rings. The number of ether oxygens (including phenoxy) is 1. The van der Waals surface area contributed by atoms with Crippen molar-refractivity contribution in [3.05, 3.63) is 76.5 Å². The topological polar surface area (TPSA) is 98.1 Å². The number of carbonyl (C=O) groups excluding carboxylic acids is 2. The van der Waals surface area contributed by atoms with Crippen LogP contribution in [0.5, 0.6) is 0 Å². The number of thiophene rings is 1. The normalized spacial score (nSPS) is 11.9. The summed E-state index contributed by atoms with van der Waals surface area (Å²) in [6.07, 6.45) is 5.53. The summed E-state index contributed by atoms with van der Waals surface area (Å²) in [4.78, 5) is 34.3. The van der Waals surface area contributed by atoms with Crippen LogP contribution in [-0.4, -0.2) is 46.1 Å². The van der Waals surface area contributed by atoms with E-state index in [2.05, 4.69) is 32.0 Å². The Balaban J connectivity index is 1.63. The Morgan fingerprint density at radius 2 is 2.09 bits per heavy atom. The number of rotatable bonds is 9. The van der Waals surface area contributed by atoms with Crippen molar-refractivity contribution in [2.75, 3.05) is 19.0 Å². The zero-order valence-corrected chi connectivity index (χ0v) is 19.3. The minimum Gasteiger partial charge on any atom is -0.383 e. The van der Waals surface area contributed by atoms with Crippen LogP contribution in [0.4, 0.5) is 5.69 Å². The summed E-state index contributed by atoms with van der Waals surface area (Å²) in [5, 5.41) is 10.1. The van der Waals surface area contributed by atoms with E-state index in [0.29, 0.717) is 35.5 Å². The van der Waals surface area contributed by atoms with E-state index in [0.717, 1.165) is 11.9 Å². The first kappa shape index (κ1) is 22.6. The Hall–Kier alpha value is -3.56. The van der Waals surface area contributed by atoms with Crippen molar-refractivity contribution in [3.8, 4) is 0 Å². The van der Waals surface area contributed by atoms with E-state index < -0.39 is 0 Å². The molecule has 170 valence electrons. The minimum absolute atomic E-state index is 0.0458. The average Bonchev–Trinajstić information content (AvgIpc) is 3.48. The van der Waals surface area contributed by atoms with Crippen molar-refractivity contribution in [1.29, 1.82) is 0 Å². The fourth-order valence-corrected chi connectivity index (χ4v) is 4.29. The maximum atomic E-state index is 13.0. The van der Waals surface area contributed by atoms with Crippen molar-refractivity contribution >= 4 is 39.9 Å². The summed E-state index contributed by atoms with van der Waals surface area (Å²) in [6, 6.07) is 8.82. The molecule has 1 atom stereocenters. The molecule has 0 radical (unpaired) electrons. The highest BCUT2D eigenvalue weighted by molar-refractivity contribution is 7.07. The number of methoxy groups -OCH3 is 1. The van der Waals surface area contributed by atoms with Crippen LogP contribution in [0, 0.1) is 0 Å². The molecule has 1 aromatic carbocycles. The number of fused-ring (bicyclic) bond motifs is 1. The van der Waals surface area contributed by atoms with Crippen molar-refractivity contribution in [2.24, 2.45) is 0 Å². The zero-order valence-electron chi connectivity index (χ0n) is 18.4. The smallest absolute Gasteiger partial charge is 0.257 e. The standard InChI is InChI=1S/C24H25N5O3S/c1-16(10-17-5-9-33-14-17)27-24(31)19-11-20-22(29(15-26-20)7-8-32-2)21(12-19)28-23(30)18-4-3-6-25-13-18/h3-6,9,11-16H,7-8,10H2,1-2H3,(H,27,31)(H,28,30)/t16-/m1/s1. The number of hydrogen-bond acceptors (Lipinski definition) is 6. The third-order valence-electron chi connectivity index (χ3n) is 5.18. The lowest BCUT2D eigenvalue weighted by Gasteiger charge is -2.15. The Morgan fingerprint density at radius 1 is 1.21 bits per heavy atom. The van der Waals surface area contributed by atoms with Gasteiger partial charge in [-0.2, -0.15) is 11.3 Å². The van der Waals surface area contributed by atoms with E-state index in [1.807, 2.05) is 16.9 Å². The molecular formula is C24H25N5O3S. The minimum atomic E-state index is -0.313. The number of nitrogens with zero attached hydrogens (tertiary/aromatic N) is 3. The molecule has 0 fully saturated rings. The second-order valence-electron chi connectivity index (χ2n) is 7.73. The zero-order chi connectivity index (χ0) is 23.2. The van der Waals surface area contributed by atoms with E-state index >= 15 is 0 Å². The Bertz CT molecular complexity index is 1240. The van der Waals surface area contributed by atoms with Gasteiger partial charge in [0.05, 0.1) is 35.2 Å². The lowest BCUT2D eigenvalue weighted by atomic mass is 10.1. The molecule has 2 amide bonds. The van der Waals surface area contributed by atoms with Gasteiger partial charge in [-0.3, -0.25) is 14.6 Å². The molecule has 0 aliphatic heterocycles. The largest absolute Gasteiger partial charge is 0.383 e. The third kappa shape index (κ3) is 5.44. The van der Waals surface area contributed by atoms with Crippen LogP contribution in [0.2, 0.25) is 0 Å². The summed E-state index contributed by atoms with van der Waals surface area (Å²) in [5.41, 5.74) is 3.89. The number of benzene rings is 1.